The molecule has 0 saturated carbocycles. The Bertz CT molecular complexity index is 1060. The number of hydrogen-bond acceptors (Lipinski definition) is 3. The number of benzene rings is 1. The number of fused-ring (bicyclic) bond motifs is 1. The fraction of sp³-hybridized carbons (Fsp3) is 0.304. The molecule has 0 unspecified atom stereocenters. The predicted octanol–water partition coefficient (Wildman–Crippen LogP) is 4.62. The number of aromatic carboxylic acids is 1. The SMILES string of the molecule is C=CN1C[C@@H](C(C)(C)C)n2cc(C(=O)O)c(=O)cc2/C1=C(/C)c1ccc(F)cc1. The lowest BCUT2D eigenvalue weighted by Crippen LogP contribution is -2.41. The van der Waals surface area contributed by atoms with Crippen LogP contribution in [0.1, 0.15) is 55.4 Å². The van der Waals surface area contributed by atoms with Crippen LogP contribution < -0.4 is 5.43 Å². The molecular weight excluding hydrogens is 371 g/mol. The molecule has 2 aromatic rings. The van der Waals surface area contributed by atoms with Crippen molar-refractivity contribution in [1.29, 1.82) is 0 Å². The number of hydrogen-bond donors (Lipinski definition) is 1. The minimum absolute atomic E-state index is 0.0843. The Balaban J connectivity index is 2.35. The molecule has 1 aromatic heterocycles. The van der Waals surface area contributed by atoms with Gasteiger partial charge in [-0.05, 0) is 41.8 Å². The van der Waals surface area contributed by atoms with E-state index in [9.17, 15) is 19.1 Å². The first-order valence-electron chi connectivity index (χ1n) is 9.40. The number of carboxylic acid groups (broad SMARTS) is 1. The lowest BCUT2D eigenvalue weighted by atomic mass is 9.83. The maximum Gasteiger partial charge on any atom is 0.341 e. The number of aromatic nitrogens is 1. The molecule has 3 rings (SSSR count). The van der Waals surface area contributed by atoms with E-state index < -0.39 is 11.4 Å². The summed E-state index contributed by atoms with van der Waals surface area (Å²) in [4.78, 5) is 26.1. The Morgan fingerprint density at radius 3 is 2.41 bits per heavy atom. The number of carbonyl (C=O) groups is 1. The molecule has 1 atom stereocenters. The van der Waals surface area contributed by atoms with Crippen molar-refractivity contribution < 1.29 is 14.3 Å². The van der Waals surface area contributed by atoms with E-state index in [0.29, 0.717) is 12.2 Å². The van der Waals surface area contributed by atoms with Crippen molar-refractivity contribution in [2.24, 2.45) is 5.41 Å². The molecule has 0 radical (unpaired) electrons. The Kier molecular flexibility index (Phi) is 5.22. The smallest absolute Gasteiger partial charge is 0.341 e. The molecule has 1 aliphatic heterocycles. The van der Waals surface area contributed by atoms with Gasteiger partial charge in [0.1, 0.15) is 11.4 Å². The molecule has 29 heavy (non-hydrogen) atoms. The largest absolute Gasteiger partial charge is 0.477 e. The molecule has 2 heterocycles. The second-order valence-corrected chi connectivity index (χ2v) is 8.35. The maximum atomic E-state index is 13.4. The van der Waals surface area contributed by atoms with Crippen LogP contribution in [0, 0.1) is 11.2 Å². The minimum atomic E-state index is -1.25. The zero-order valence-electron chi connectivity index (χ0n) is 17.1. The van der Waals surface area contributed by atoms with Gasteiger partial charge in [-0.2, -0.15) is 0 Å². The molecule has 1 N–H and O–H groups in total. The second kappa shape index (κ2) is 7.35. The molecule has 0 bridgehead atoms. The van der Waals surface area contributed by atoms with Crippen molar-refractivity contribution in [3.63, 3.8) is 0 Å². The van der Waals surface area contributed by atoms with E-state index in [1.54, 1.807) is 18.3 Å². The zero-order chi connectivity index (χ0) is 21.5. The number of halogens is 1. The first-order chi connectivity index (χ1) is 13.5. The van der Waals surface area contributed by atoms with Crippen LogP contribution in [0.4, 0.5) is 4.39 Å². The fourth-order valence-corrected chi connectivity index (χ4v) is 3.77. The highest BCUT2D eigenvalue weighted by Crippen LogP contribution is 2.41. The highest BCUT2D eigenvalue weighted by atomic mass is 19.1. The molecule has 152 valence electrons. The third-order valence-corrected chi connectivity index (χ3v) is 5.40. The minimum Gasteiger partial charge on any atom is -0.477 e. The van der Waals surface area contributed by atoms with Crippen molar-refractivity contribution in [1.82, 2.24) is 9.47 Å². The van der Waals surface area contributed by atoms with Crippen molar-refractivity contribution in [3.05, 3.63) is 82.2 Å². The molecule has 1 aromatic carbocycles. The van der Waals surface area contributed by atoms with E-state index in [4.69, 9.17) is 0 Å². The highest BCUT2D eigenvalue weighted by Gasteiger charge is 2.36. The third-order valence-electron chi connectivity index (χ3n) is 5.40. The van der Waals surface area contributed by atoms with Gasteiger partial charge in [-0.15, -0.1) is 0 Å². The van der Waals surface area contributed by atoms with Crippen LogP contribution in [-0.4, -0.2) is 27.1 Å². The van der Waals surface area contributed by atoms with E-state index in [1.807, 2.05) is 16.4 Å². The number of pyridine rings is 1. The second-order valence-electron chi connectivity index (χ2n) is 8.35. The molecule has 6 heteroatoms. The van der Waals surface area contributed by atoms with Gasteiger partial charge in [-0.1, -0.05) is 39.5 Å². The van der Waals surface area contributed by atoms with Crippen LogP contribution in [0.5, 0.6) is 0 Å². The number of carboxylic acids is 1. The van der Waals surface area contributed by atoms with Crippen molar-refractivity contribution in [2.75, 3.05) is 6.54 Å². The van der Waals surface area contributed by atoms with Gasteiger partial charge in [0.15, 0.2) is 5.43 Å². The standard InChI is InChI=1S/C23H25FN2O3/c1-6-25-13-20(23(3,4)5)26-12-17(22(28)29)19(27)11-18(26)21(25)14(2)15-7-9-16(24)10-8-15/h6-12,20H,1,13H2,2-5H3,(H,28,29)/b21-14+/t20-/m0/s1. The molecular formula is C23H25FN2O3. The zero-order valence-corrected chi connectivity index (χ0v) is 17.1. The third kappa shape index (κ3) is 3.75. The Morgan fingerprint density at radius 2 is 1.90 bits per heavy atom. The van der Waals surface area contributed by atoms with Crippen molar-refractivity contribution >= 4 is 17.2 Å². The highest BCUT2D eigenvalue weighted by molar-refractivity contribution is 5.91. The molecule has 0 spiro atoms. The Morgan fingerprint density at radius 1 is 1.28 bits per heavy atom. The van der Waals surface area contributed by atoms with Crippen LogP contribution in [0.3, 0.4) is 0 Å². The summed E-state index contributed by atoms with van der Waals surface area (Å²) < 4.78 is 15.3. The van der Waals surface area contributed by atoms with Crippen LogP contribution >= 0.6 is 0 Å². The number of nitrogens with zero attached hydrogens (tertiary/aromatic N) is 2. The molecule has 1 aliphatic rings. The summed E-state index contributed by atoms with van der Waals surface area (Å²) in [6.45, 7) is 12.6. The average molecular weight is 396 g/mol. The quantitative estimate of drug-likeness (QED) is 0.822. The van der Waals surface area contributed by atoms with Crippen LogP contribution in [0.2, 0.25) is 0 Å². The first kappa shape index (κ1) is 20.6. The van der Waals surface area contributed by atoms with Crippen LogP contribution in [0.25, 0.3) is 11.3 Å². The van der Waals surface area contributed by atoms with E-state index in [2.05, 4.69) is 27.4 Å². The lowest BCUT2D eigenvalue weighted by molar-refractivity contribution is 0.0693. The van der Waals surface area contributed by atoms with E-state index in [1.165, 1.54) is 24.4 Å². The monoisotopic (exact) mass is 396 g/mol. The molecule has 0 fully saturated rings. The fourth-order valence-electron chi connectivity index (χ4n) is 3.77. The molecule has 0 amide bonds. The van der Waals surface area contributed by atoms with Crippen LogP contribution in [-0.2, 0) is 0 Å². The molecule has 5 nitrogen and oxygen atoms in total. The van der Waals surface area contributed by atoms with E-state index in [0.717, 1.165) is 16.8 Å². The van der Waals surface area contributed by atoms with Gasteiger partial charge < -0.3 is 14.6 Å². The molecule has 0 saturated heterocycles. The summed E-state index contributed by atoms with van der Waals surface area (Å²) in [6, 6.07) is 7.43. The number of rotatable bonds is 3. The topological polar surface area (TPSA) is 62.5 Å². The van der Waals surface area contributed by atoms with Gasteiger partial charge in [0.25, 0.3) is 0 Å². The summed E-state index contributed by atoms with van der Waals surface area (Å²) in [5.41, 5.74) is 2.02. The summed E-state index contributed by atoms with van der Waals surface area (Å²) in [5.74, 6) is -1.57. The summed E-state index contributed by atoms with van der Waals surface area (Å²) >= 11 is 0. The van der Waals surface area contributed by atoms with Gasteiger partial charge in [-0.3, -0.25) is 4.79 Å². The van der Waals surface area contributed by atoms with Gasteiger partial charge in [0, 0.05) is 18.8 Å². The Hall–Kier alpha value is -3.15. The first-order valence-corrected chi connectivity index (χ1v) is 9.40. The van der Waals surface area contributed by atoms with E-state index in [-0.39, 0.29) is 22.8 Å². The summed E-state index contributed by atoms with van der Waals surface area (Å²) in [6.07, 6.45) is 3.15. The Labute approximate surface area is 169 Å². The van der Waals surface area contributed by atoms with Crippen LogP contribution in [0.15, 0.2) is 54.1 Å². The number of allylic oxidation sites excluding steroid dienone is 1. The molecule has 0 aliphatic carbocycles. The maximum absolute atomic E-state index is 13.4. The van der Waals surface area contributed by atoms with Gasteiger partial charge in [-0.25, -0.2) is 9.18 Å². The van der Waals surface area contributed by atoms with Gasteiger partial charge in [0.2, 0.25) is 0 Å². The van der Waals surface area contributed by atoms with E-state index >= 15 is 0 Å². The normalized spacial score (nSPS) is 18.2. The van der Waals surface area contributed by atoms with Gasteiger partial charge >= 0.3 is 5.97 Å². The van der Waals surface area contributed by atoms with Gasteiger partial charge in [0.05, 0.1) is 17.4 Å². The van der Waals surface area contributed by atoms with Crippen molar-refractivity contribution in [3.8, 4) is 0 Å². The van der Waals surface area contributed by atoms with Crippen molar-refractivity contribution in [2.45, 2.75) is 33.7 Å². The predicted molar refractivity (Wildman–Crippen MR) is 112 cm³/mol. The average Bonchev–Trinajstić information content (AvgIpc) is 2.65. The lowest BCUT2D eigenvalue weighted by Gasteiger charge is -2.44. The summed E-state index contributed by atoms with van der Waals surface area (Å²) in [5, 5.41) is 9.45. The summed E-state index contributed by atoms with van der Waals surface area (Å²) in [7, 11) is 0.